The largest absolute Gasteiger partial charge is 0.497 e. The van der Waals surface area contributed by atoms with E-state index in [9.17, 15) is 4.79 Å². The van der Waals surface area contributed by atoms with Crippen molar-refractivity contribution in [2.75, 3.05) is 12.4 Å². The van der Waals surface area contributed by atoms with Gasteiger partial charge in [-0.05, 0) is 76.7 Å². The van der Waals surface area contributed by atoms with Crippen LogP contribution in [0.4, 0.5) is 5.69 Å². The van der Waals surface area contributed by atoms with Crippen LogP contribution in [0.3, 0.4) is 0 Å². The summed E-state index contributed by atoms with van der Waals surface area (Å²) in [5.41, 5.74) is 2.74. The Bertz CT molecular complexity index is 893. The minimum atomic E-state index is -0.132. The smallest absolute Gasteiger partial charge is 0.165 e. The maximum atomic E-state index is 12.8. The van der Waals surface area contributed by atoms with E-state index in [1.165, 1.54) is 3.57 Å². The standard InChI is InChI=1S/C22H19BrINO2/c1-27-20-12-4-15(5-13-20)21(25-19-10-8-18(24)9-11-19)14-22(26)16-2-6-17(23)7-3-16/h2-13,21,25H,14H2,1H3. The van der Waals surface area contributed by atoms with Crippen LogP contribution in [0.2, 0.25) is 0 Å². The van der Waals surface area contributed by atoms with Crippen LogP contribution in [0.1, 0.15) is 28.4 Å². The van der Waals surface area contributed by atoms with Crippen molar-refractivity contribution in [3.05, 3.63) is 92.0 Å². The normalized spacial score (nSPS) is 11.7. The molecule has 1 unspecified atom stereocenters. The molecule has 0 aliphatic heterocycles. The topological polar surface area (TPSA) is 38.3 Å². The Morgan fingerprint density at radius 1 is 1.00 bits per heavy atom. The molecule has 0 spiro atoms. The molecule has 0 saturated heterocycles. The summed E-state index contributed by atoms with van der Waals surface area (Å²) < 4.78 is 7.38. The van der Waals surface area contributed by atoms with Crippen LogP contribution in [-0.4, -0.2) is 12.9 Å². The van der Waals surface area contributed by atoms with E-state index in [1.54, 1.807) is 7.11 Å². The highest BCUT2D eigenvalue weighted by atomic mass is 127. The van der Waals surface area contributed by atoms with Crippen molar-refractivity contribution in [3.8, 4) is 5.75 Å². The van der Waals surface area contributed by atoms with Crippen LogP contribution >= 0.6 is 38.5 Å². The molecular weight excluding hydrogens is 517 g/mol. The summed E-state index contributed by atoms with van der Waals surface area (Å²) in [4.78, 5) is 12.8. The number of Topliss-reactive ketones (excluding diaryl/α,β-unsaturated/α-hetero) is 1. The number of halogens is 2. The summed E-state index contributed by atoms with van der Waals surface area (Å²) in [5, 5.41) is 3.50. The third-order valence-corrected chi connectivity index (χ3v) is 5.51. The lowest BCUT2D eigenvalue weighted by Crippen LogP contribution is -2.16. The lowest BCUT2D eigenvalue weighted by Gasteiger charge is -2.20. The van der Waals surface area contributed by atoms with E-state index >= 15 is 0 Å². The van der Waals surface area contributed by atoms with Gasteiger partial charge in [0.05, 0.1) is 13.2 Å². The molecule has 3 aromatic carbocycles. The van der Waals surface area contributed by atoms with Gasteiger partial charge >= 0.3 is 0 Å². The number of hydrogen-bond acceptors (Lipinski definition) is 3. The third kappa shape index (κ3) is 5.56. The summed E-state index contributed by atoms with van der Waals surface area (Å²) in [6.07, 6.45) is 0.361. The van der Waals surface area contributed by atoms with Gasteiger partial charge in [0.2, 0.25) is 0 Å². The van der Waals surface area contributed by atoms with Crippen molar-refractivity contribution in [2.24, 2.45) is 0 Å². The van der Waals surface area contributed by atoms with Gasteiger partial charge < -0.3 is 10.1 Å². The van der Waals surface area contributed by atoms with Gasteiger partial charge in [0.15, 0.2) is 5.78 Å². The fourth-order valence-corrected chi connectivity index (χ4v) is 3.40. The summed E-state index contributed by atoms with van der Waals surface area (Å²) in [5.74, 6) is 0.896. The van der Waals surface area contributed by atoms with Gasteiger partial charge in [0.1, 0.15) is 5.75 Å². The number of benzene rings is 3. The Hall–Kier alpha value is -1.86. The van der Waals surface area contributed by atoms with Gasteiger partial charge in [0.25, 0.3) is 0 Å². The predicted octanol–water partition coefficient (Wildman–Crippen LogP) is 6.49. The maximum absolute atomic E-state index is 12.8. The molecule has 138 valence electrons. The van der Waals surface area contributed by atoms with Gasteiger partial charge in [-0.25, -0.2) is 0 Å². The summed E-state index contributed by atoms with van der Waals surface area (Å²) in [7, 11) is 1.65. The number of anilines is 1. The highest BCUT2D eigenvalue weighted by Gasteiger charge is 2.17. The Labute approximate surface area is 181 Å². The van der Waals surface area contributed by atoms with Gasteiger partial charge in [-0.2, -0.15) is 0 Å². The first kappa shape index (κ1) is 19.9. The molecule has 0 bridgehead atoms. The number of methoxy groups -OCH3 is 1. The van der Waals surface area contributed by atoms with Crippen molar-refractivity contribution in [1.82, 2.24) is 0 Å². The minimum Gasteiger partial charge on any atom is -0.497 e. The number of ether oxygens (including phenoxy) is 1. The van der Waals surface area contributed by atoms with Gasteiger partial charge in [0, 0.05) is 25.7 Å². The third-order valence-electron chi connectivity index (χ3n) is 4.26. The summed E-state index contributed by atoms with van der Waals surface area (Å²) >= 11 is 5.69. The molecule has 1 atom stereocenters. The van der Waals surface area contributed by atoms with Crippen LogP contribution in [0, 0.1) is 3.57 Å². The van der Waals surface area contributed by atoms with Gasteiger partial charge in [-0.3, -0.25) is 4.79 Å². The van der Waals surface area contributed by atoms with Crippen LogP contribution in [0.15, 0.2) is 77.3 Å². The molecule has 3 nitrogen and oxygen atoms in total. The van der Waals surface area contributed by atoms with Crippen LogP contribution in [-0.2, 0) is 0 Å². The number of rotatable bonds is 7. The Balaban J connectivity index is 1.84. The first-order valence-corrected chi connectivity index (χ1v) is 10.4. The van der Waals surface area contributed by atoms with Crippen molar-refractivity contribution in [2.45, 2.75) is 12.5 Å². The second-order valence-corrected chi connectivity index (χ2v) is 8.27. The second kappa shape index (κ2) is 9.37. The molecule has 3 rings (SSSR count). The monoisotopic (exact) mass is 535 g/mol. The van der Waals surface area contributed by atoms with Crippen LogP contribution in [0.5, 0.6) is 5.75 Å². The fourth-order valence-electron chi connectivity index (χ4n) is 2.77. The molecule has 0 heterocycles. The Morgan fingerprint density at radius 2 is 1.63 bits per heavy atom. The molecule has 0 aliphatic carbocycles. The second-order valence-electron chi connectivity index (χ2n) is 6.11. The average Bonchev–Trinajstić information content (AvgIpc) is 2.69. The van der Waals surface area contributed by atoms with Gasteiger partial charge in [-0.1, -0.05) is 40.2 Å². The van der Waals surface area contributed by atoms with Crippen molar-refractivity contribution >= 4 is 50.0 Å². The molecule has 5 heteroatoms. The van der Waals surface area contributed by atoms with E-state index in [-0.39, 0.29) is 11.8 Å². The number of hydrogen-bond donors (Lipinski definition) is 1. The fraction of sp³-hybridized carbons (Fsp3) is 0.136. The Morgan fingerprint density at radius 3 is 2.22 bits per heavy atom. The van der Waals surface area contributed by atoms with Crippen molar-refractivity contribution in [1.29, 1.82) is 0 Å². The maximum Gasteiger partial charge on any atom is 0.165 e. The van der Waals surface area contributed by atoms with Gasteiger partial charge in [-0.15, -0.1) is 0 Å². The lowest BCUT2D eigenvalue weighted by molar-refractivity contribution is 0.0976. The highest BCUT2D eigenvalue weighted by molar-refractivity contribution is 14.1. The minimum absolute atomic E-state index is 0.0985. The zero-order valence-corrected chi connectivity index (χ0v) is 18.5. The van der Waals surface area contributed by atoms with E-state index < -0.39 is 0 Å². The molecule has 0 radical (unpaired) electrons. The Kier molecular flexibility index (Phi) is 6.90. The number of carbonyl (C=O) groups excluding carboxylic acids is 1. The summed E-state index contributed by atoms with van der Waals surface area (Å²) in [6, 6.07) is 23.3. The van der Waals surface area contributed by atoms with E-state index in [0.29, 0.717) is 12.0 Å². The molecule has 0 aromatic heterocycles. The molecule has 3 aromatic rings. The zero-order valence-electron chi connectivity index (χ0n) is 14.8. The molecule has 0 saturated carbocycles. The summed E-state index contributed by atoms with van der Waals surface area (Å²) in [6.45, 7) is 0. The zero-order chi connectivity index (χ0) is 19.2. The first-order chi connectivity index (χ1) is 13.0. The van der Waals surface area contributed by atoms with Crippen molar-refractivity contribution in [3.63, 3.8) is 0 Å². The highest BCUT2D eigenvalue weighted by Crippen LogP contribution is 2.27. The molecular formula is C22H19BrINO2. The van der Waals surface area contributed by atoms with E-state index in [4.69, 9.17) is 4.74 Å². The molecule has 0 fully saturated rings. The molecule has 27 heavy (non-hydrogen) atoms. The average molecular weight is 536 g/mol. The number of ketones is 1. The van der Waals surface area contributed by atoms with Crippen molar-refractivity contribution < 1.29 is 9.53 Å². The van der Waals surface area contributed by atoms with E-state index in [0.717, 1.165) is 21.5 Å². The molecule has 0 amide bonds. The predicted molar refractivity (Wildman–Crippen MR) is 122 cm³/mol. The number of carbonyl (C=O) groups is 1. The van der Waals surface area contributed by atoms with E-state index in [1.807, 2.05) is 72.8 Å². The molecule has 0 aliphatic rings. The van der Waals surface area contributed by atoms with Crippen LogP contribution < -0.4 is 10.1 Å². The quantitative estimate of drug-likeness (QED) is 0.277. The molecule has 1 N–H and O–H groups in total. The van der Waals surface area contributed by atoms with Crippen LogP contribution in [0.25, 0.3) is 0 Å². The van der Waals surface area contributed by atoms with E-state index in [2.05, 4.69) is 43.8 Å². The SMILES string of the molecule is COc1ccc(C(CC(=O)c2ccc(Br)cc2)Nc2ccc(I)cc2)cc1. The first-order valence-electron chi connectivity index (χ1n) is 8.50. The lowest BCUT2D eigenvalue weighted by atomic mass is 9.97. The number of nitrogens with one attached hydrogen (secondary N) is 1.